The standard InChI is InChI=1S/C27H25N5O2S/c1-3-33-23-14-12-21(13-15-23)26-28-25(34-31-26)18-35-27-30-29-24(17-20-9-5-4-6-10-20)32(27)22-11-7-8-19(2)16-22/h4-16H,3,17-18H2,1-2H3. The summed E-state index contributed by atoms with van der Waals surface area (Å²) in [5, 5.41) is 13.9. The highest BCUT2D eigenvalue weighted by molar-refractivity contribution is 7.98. The van der Waals surface area contributed by atoms with E-state index in [0.717, 1.165) is 28.0 Å². The highest BCUT2D eigenvalue weighted by Crippen LogP contribution is 2.27. The van der Waals surface area contributed by atoms with E-state index < -0.39 is 0 Å². The molecular weight excluding hydrogens is 458 g/mol. The van der Waals surface area contributed by atoms with Crippen molar-refractivity contribution in [2.45, 2.75) is 31.2 Å². The molecule has 35 heavy (non-hydrogen) atoms. The van der Waals surface area contributed by atoms with Crippen LogP contribution in [0, 0.1) is 6.92 Å². The molecule has 0 unspecified atom stereocenters. The van der Waals surface area contributed by atoms with E-state index >= 15 is 0 Å². The Morgan fingerprint density at radius 2 is 1.77 bits per heavy atom. The maximum atomic E-state index is 5.52. The van der Waals surface area contributed by atoms with E-state index in [1.54, 1.807) is 0 Å². The fourth-order valence-electron chi connectivity index (χ4n) is 3.74. The molecule has 2 aromatic heterocycles. The molecule has 5 rings (SSSR count). The topological polar surface area (TPSA) is 78.9 Å². The minimum absolute atomic E-state index is 0.485. The minimum atomic E-state index is 0.485. The van der Waals surface area contributed by atoms with Gasteiger partial charge in [0, 0.05) is 17.7 Å². The molecule has 176 valence electrons. The molecule has 7 nitrogen and oxygen atoms in total. The van der Waals surface area contributed by atoms with Crippen LogP contribution in [0.15, 0.2) is 88.5 Å². The van der Waals surface area contributed by atoms with Crippen LogP contribution in [0.1, 0.15) is 29.8 Å². The molecule has 0 atom stereocenters. The second-order valence-electron chi connectivity index (χ2n) is 7.99. The Morgan fingerprint density at radius 1 is 0.943 bits per heavy atom. The molecule has 2 heterocycles. The van der Waals surface area contributed by atoms with E-state index in [-0.39, 0.29) is 0 Å². The lowest BCUT2D eigenvalue weighted by atomic mass is 10.1. The van der Waals surface area contributed by atoms with Crippen LogP contribution >= 0.6 is 11.8 Å². The Balaban J connectivity index is 1.37. The number of hydrogen-bond donors (Lipinski definition) is 0. The molecule has 5 aromatic rings. The summed E-state index contributed by atoms with van der Waals surface area (Å²) in [7, 11) is 0. The minimum Gasteiger partial charge on any atom is -0.494 e. The fourth-order valence-corrected chi connectivity index (χ4v) is 4.55. The number of aromatic nitrogens is 5. The van der Waals surface area contributed by atoms with Crippen LogP contribution in [0.5, 0.6) is 5.75 Å². The summed E-state index contributed by atoms with van der Waals surface area (Å²) < 4.78 is 13.1. The van der Waals surface area contributed by atoms with Gasteiger partial charge in [0.05, 0.1) is 12.4 Å². The first-order chi connectivity index (χ1) is 17.2. The molecule has 0 aliphatic carbocycles. The average Bonchev–Trinajstić information content (AvgIpc) is 3.51. The van der Waals surface area contributed by atoms with Gasteiger partial charge in [-0.05, 0) is 61.4 Å². The highest BCUT2D eigenvalue weighted by atomic mass is 32.2. The Bertz CT molecular complexity index is 1400. The van der Waals surface area contributed by atoms with E-state index in [4.69, 9.17) is 9.26 Å². The monoisotopic (exact) mass is 483 g/mol. The zero-order valence-corrected chi connectivity index (χ0v) is 20.4. The lowest BCUT2D eigenvalue weighted by molar-refractivity contribution is 0.340. The summed E-state index contributed by atoms with van der Waals surface area (Å²) in [5.41, 5.74) is 4.27. The normalized spacial score (nSPS) is 11.0. The van der Waals surface area contributed by atoms with Crippen molar-refractivity contribution >= 4 is 11.8 Å². The zero-order valence-electron chi connectivity index (χ0n) is 19.6. The summed E-state index contributed by atoms with van der Waals surface area (Å²) in [4.78, 5) is 4.57. The zero-order chi connectivity index (χ0) is 24.0. The fraction of sp³-hybridized carbons (Fsp3) is 0.185. The van der Waals surface area contributed by atoms with E-state index in [1.807, 2.05) is 55.5 Å². The van der Waals surface area contributed by atoms with Crippen LogP contribution < -0.4 is 4.74 Å². The van der Waals surface area contributed by atoms with Gasteiger partial charge < -0.3 is 9.26 Å². The number of thioether (sulfide) groups is 1. The largest absolute Gasteiger partial charge is 0.494 e. The molecule has 0 saturated carbocycles. The van der Waals surface area contributed by atoms with Crippen molar-refractivity contribution in [2.75, 3.05) is 6.61 Å². The van der Waals surface area contributed by atoms with Gasteiger partial charge in [0.15, 0.2) is 5.16 Å². The summed E-state index contributed by atoms with van der Waals surface area (Å²) in [6, 6.07) is 26.3. The highest BCUT2D eigenvalue weighted by Gasteiger charge is 2.17. The van der Waals surface area contributed by atoms with Crippen molar-refractivity contribution in [3.05, 3.63) is 102 Å². The first-order valence-electron chi connectivity index (χ1n) is 11.4. The van der Waals surface area contributed by atoms with Crippen LogP contribution in [0.3, 0.4) is 0 Å². The van der Waals surface area contributed by atoms with Gasteiger partial charge in [-0.2, -0.15) is 4.98 Å². The molecule has 0 bridgehead atoms. The van der Waals surface area contributed by atoms with E-state index in [9.17, 15) is 0 Å². The van der Waals surface area contributed by atoms with E-state index in [2.05, 4.69) is 62.2 Å². The number of benzene rings is 3. The molecule has 0 aliphatic rings. The summed E-state index contributed by atoms with van der Waals surface area (Å²) >= 11 is 1.52. The van der Waals surface area contributed by atoms with Gasteiger partial charge in [-0.25, -0.2) is 0 Å². The second kappa shape index (κ2) is 10.6. The first-order valence-corrected chi connectivity index (χ1v) is 12.4. The van der Waals surface area contributed by atoms with Crippen molar-refractivity contribution in [3.8, 4) is 22.8 Å². The number of aryl methyl sites for hydroxylation is 1. The van der Waals surface area contributed by atoms with Crippen LogP contribution in [-0.4, -0.2) is 31.5 Å². The molecule has 0 radical (unpaired) electrons. The molecule has 0 fully saturated rings. The summed E-state index contributed by atoms with van der Waals surface area (Å²) in [5.74, 6) is 3.26. The van der Waals surface area contributed by atoms with Gasteiger partial charge in [-0.3, -0.25) is 4.57 Å². The summed E-state index contributed by atoms with van der Waals surface area (Å²) in [6.45, 7) is 4.67. The quantitative estimate of drug-likeness (QED) is 0.241. The third-order valence-electron chi connectivity index (χ3n) is 5.38. The molecule has 0 aliphatic heterocycles. The lowest BCUT2D eigenvalue weighted by Crippen LogP contribution is -2.04. The maximum absolute atomic E-state index is 5.52. The van der Waals surface area contributed by atoms with Crippen LogP contribution in [-0.2, 0) is 12.2 Å². The molecular formula is C27H25N5O2S. The Morgan fingerprint density at radius 3 is 2.54 bits per heavy atom. The predicted octanol–water partition coefficient (Wildman–Crippen LogP) is 5.91. The van der Waals surface area contributed by atoms with Crippen LogP contribution in [0.2, 0.25) is 0 Å². The number of ether oxygens (including phenoxy) is 1. The summed E-state index contributed by atoms with van der Waals surface area (Å²) in [6.07, 6.45) is 0.685. The van der Waals surface area contributed by atoms with Gasteiger partial charge in [0.25, 0.3) is 0 Å². The van der Waals surface area contributed by atoms with E-state index in [1.165, 1.54) is 22.9 Å². The predicted molar refractivity (Wildman–Crippen MR) is 136 cm³/mol. The van der Waals surface area contributed by atoms with Gasteiger partial charge >= 0.3 is 0 Å². The smallest absolute Gasteiger partial charge is 0.237 e. The lowest BCUT2D eigenvalue weighted by Gasteiger charge is -2.10. The van der Waals surface area contributed by atoms with Crippen molar-refractivity contribution in [1.82, 2.24) is 24.9 Å². The maximum Gasteiger partial charge on any atom is 0.237 e. The molecule has 0 saturated heterocycles. The number of rotatable bonds is 9. The van der Waals surface area contributed by atoms with Crippen molar-refractivity contribution in [2.24, 2.45) is 0 Å². The molecule has 8 heteroatoms. The molecule has 0 amide bonds. The molecule has 0 spiro atoms. The van der Waals surface area contributed by atoms with Crippen LogP contribution in [0.25, 0.3) is 17.1 Å². The Hall–Kier alpha value is -3.91. The van der Waals surface area contributed by atoms with Gasteiger partial charge in [0.2, 0.25) is 11.7 Å². The van der Waals surface area contributed by atoms with E-state index in [0.29, 0.717) is 30.5 Å². The Kier molecular flexibility index (Phi) is 6.90. The molecule has 3 aromatic carbocycles. The van der Waals surface area contributed by atoms with Crippen molar-refractivity contribution in [1.29, 1.82) is 0 Å². The third kappa shape index (κ3) is 5.44. The van der Waals surface area contributed by atoms with Gasteiger partial charge in [-0.15, -0.1) is 10.2 Å². The first kappa shape index (κ1) is 22.9. The van der Waals surface area contributed by atoms with Gasteiger partial charge in [-0.1, -0.05) is 59.4 Å². The van der Waals surface area contributed by atoms with Gasteiger partial charge in [0.1, 0.15) is 11.6 Å². The average molecular weight is 484 g/mol. The van der Waals surface area contributed by atoms with Crippen molar-refractivity contribution < 1.29 is 9.26 Å². The van der Waals surface area contributed by atoms with Crippen LogP contribution in [0.4, 0.5) is 0 Å². The SMILES string of the molecule is CCOc1ccc(-c2noc(CSc3nnc(Cc4ccccc4)n3-c3cccc(C)c3)n2)cc1. The third-order valence-corrected chi connectivity index (χ3v) is 6.30. The second-order valence-corrected chi connectivity index (χ2v) is 8.94. The molecule has 0 N–H and O–H groups in total. The number of hydrogen-bond acceptors (Lipinski definition) is 7. The number of nitrogens with zero attached hydrogens (tertiary/aromatic N) is 5. The Labute approximate surface area is 208 Å². The van der Waals surface area contributed by atoms with Crippen molar-refractivity contribution in [3.63, 3.8) is 0 Å².